The molecule has 0 spiro atoms. The first-order valence-electron chi connectivity index (χ1n) is 11.9. The number of carbonyl (C=O) groups is 2. The maximum absolute atomic E-state index is 13.0. The smallest absolute Gasteiger partial charge is 0.249 e. The summed E-state index contributed by atoms with van der Waals surface area (Å²) in [5.41, 5.74) is 0.801. The van der Waals surface area contributed by atoms with Crippen molar-refractivity contribution in [2.75, 3.05) is 35.3 Å². The van der Waals surface area contributed by atoms with Crippen LogP contribution in [0.25, 0.3) is 0 Å². The Morgan fingerprint density at radius 1 is 1.23 bits per heavy atom. The van der Waals surface area contributed by atoms with E-state index in [1.165, 1.54) is 12.8 Å². The van der Waals surface area contributed by atoms with Gasteiger partial charge in [-0.05, 0) is 44.9 Å². The lowest BCUT2D eigenvalue weighted by molar-refractivity contribution is -0.130. The maximum Gasteiger partial charge on any atom is 0.249 e. The predicted octanol–water partition coefficient (Wildman–Crippen LogP) is 3.04. The number of hydrogen-bond donors (Lipinski definition) is 1. The molecule has 8 nitrogen and oxygen atoms in total. The fraction of sp³-hybridized carbons (Fsp3) is 0.739. The first kappa shape index (κ1) is 21.8. The molecule has 3 aliphatic rings. The molecular formula is C23H36N6O2. The van der Waals surface area contributed by atoms with Gasteiger partial charge in [-0.25, -0.2) is 4.98 Å². The Balaban J connectivity index is 1.54. The first-order chi connectivity index (χ1) is 14.9. The molecule has 2 aliphatic heterocycles. The normalized spacial score (nSPS) is 23.8. The molecule has 1 saturated heterocycles. The van der Waals surface area contributed by atoms with Gasteiger partial charge in [0, 0.05) is 39.1 Å². The van der Waals surface area contributed by atoms with E-state index in [0.717, 1.165) is 56.7 Å². The Kier molecular flexibility index (Phi) is 6.34. The SMILES string of the molecule is CC[C@@H]1C(=O)N(C)c2cnc(N[C@H](C)C3CCN(C(C)=O)CC3)nc2N1C1CCCC1. The number of nitrogens with one attached hydrogen (secondary N) is 1. The maximum atomic E-state index is 13.0. The lowest BCUT2D eigenvalue weighted by Gasteiger charge is -2.43. The molecule has 2 fully saturated rings. The van der Waals surface area contributed by atoms with Gasteiger partial charge >= 0.3 is 0 Å². The zero-order valence-electron chi connectivity index (χ0n) is 19.3. The first-order valence-corrected chi connectivity index (χ1v) is 11.9. The molecule has 1 saturated carbocycles. The highest BCUT2D eigenvalue weighted by Crippen LogP contribution is 2.40. The number of fused-ring (bicyclic) bond motifs is 1. The molecule has 1 aromatic rings. The Morgan fingerprint density at radius 2 is 1.90 bits per heavy atom. The van der Waals surface area contributed by atoms with Gasteiger partial charge in [0.25, 0.3) is 0 Å². The Morgan fingerprint density at radius 3 is 2.52 bits per heavy atom. The van der Waals surface area contributed by atoms with Crippen LogP contribution < -0.4 is 15.1 Å². The minimum absolute atomic E-state index is 0.136. The molecule has 1 aliphatic carbocycles. The highest BCUT2D eigenvalue weighted by atomic mass is 16.2. The number of anilines is 3. The molecular weight excluding hydrogens is 392 g/mol. The van der Waals surface area contributed by atoms with Crippen LogP contribution >= 0.6 is 0 Å². The molecule has 1 N–H and O–H groups in total. The fourth-order valence-corrected chi connectivity index (χ4v) is 5.49. The molecule has 0 bridgehead atoms. The number of hydrogen-bond acceptors (Lipinski definition) is 6. The van der Waals surface area contributed by atoms with Gasteiger partial charge in [-0.15, -0.1) is 0 Å². The summed E-state index contributed by atoms with van der Waals surface area (Å²) in [4.78, 5) is 40.1. The van der Waals surface area contributed by atoms with Crippen molar-refractivity contribution in [2.45, 2.75) is 83.8 Å². The number of likely N-dealkylation sites (tertiary alicyclic amines) is 1. The molecule has 4 rings (SSSR count). The van der Waals surface area contributed by atoms with Crippen LogP contribution in [0, 0.1) is 5.92 Å². The summed E-state index contributed by atoms with van der Waals surface area (Å²) in [5.74, 6) is 2.29. The Hall–Kier alpha value is -2.38. The van der Waals surface area contributed by atoms with Gasteiger partial charge in [0.15, 0.2) is 5.82 Å². The number of rotatable bonds is 5. The predicted molar refractivity (Wildman–Crippen MR) is 122 cm³/mol. The van der Waals surface area contributed by atoms with Crippen LogP contribution in [0.1, 0.15) is 65.7 Å². The molecule has 2 amide bonds. The van der Waals surface area contributed by atoms with Gasteiger partial charge in [-0.3, -0.25) is 9.59 Å². The fourth-order valence-electron chi connectivity index (χ4n) is 5.49. The van der Waals surface area contributed by atoms with Crippen molar-refractivity contribution >= 4 is 29.3 Å². The van der Waals surface area contributed by atoms with Crippen LogP contribution in [0.2, 0.25) is 0 Å². The van der Waals surface area contributed by atoms with E-state index in [1.54, 1.807) is 18.0 Å². The van der Waals surface area contributed by atoms with Gasteiger partial charge in [-0.2, -0.15) is 4.98 Å². The number of aromatic nitrogens is 2. The number of carbonyl (C=O) groups excluding carboxylic acids is 2. The minimum Gasteiger partial charge on any atom is -0.351 e. The molecule has 1 aromatic heterocycles. The average Bonchev–Trinajstić information content (AvgIpc) is 3.30. The van der Waals surface area contributed by atoms with E-state index in [0.29, 0.717) is 17.9 Å². The van der Waals surface area contributed by atoms with E-state index < -0.39 is 0 Å². The van der Waals surface area contributed by atoms with Crippen molar-refractivity contribution in [3.8, 4) is 0 Å². The highest BCUT2D eigenvalue weighted by molar-refractivity contribution is 6.04. The van der Waals surface area contributed by atoms with E-state index in [1.807, 2.05) is 11.9 Å². The molecule has 31 heavy (non-hydrogen) atoms. The lowest BCUT2D eigenvalue weighted by Crippen LogP contribution is -2.55. The molecule has 8 heteroatoms. The van der Waals surface area contributed by atoms with Crippen molar-refractivity contribution in [1.82, 2.24) is 14.9 Å². The summed E-state index contributed by atoms with van der Waals surface area (Å²) in [7, 11) is 1.83. The van der Waals surface area contributed by atoms with Crippen LogP contribution in [0.5, 0.6) is 0 Å². The van der Waals surface area contributed by atoms with Gasteiger partial charge < -0.3 is 20.0 Å². The lowest BCUT2D eigenvalue weighted by atomic mass is 9.90. The topological polar surface area (TPSA) is 81.7 Å². The second kappa shape index (κ2) is 9.01. The van der Waals surface area contributed by atoms with Crippen molar-refractivity contribution < 1.29 is 9.59 Å². The number of likely N-dealkylation sites (N-methyl/N-ethyl adjacent to an activating group) is 1. The van der Waals surface area contributed by atoms with Crippen LogP contribution in [0.15, 0.2) is 6.20 Å². The molecule has 3 heterocycles. The number of piperidine rings is 1. The Labute approximate surface area is 185 Å². The summed E-state index contributed by atoms with van der Waals surface area (Å²) in [6.07, 6.45) is 9.20. The third-order valence-electron chi connectivity index (χ3n) is 7.46. The summed E-state index contributed by atoms with van der Waals surface area (Å²) < 4.78 is 0. The molecule has 2 atom stereocenters. The second-order valence-corrected chi connectivity index (χ2v) is 9.35. The van der Waals surface area contributed by atoms with Gasteiger partial charge in [-0.1, -0.05) is 19.8 Å². The van der Waals surface area contributed by atoms with E-state index >= 15 is 0 Å². The summed E-state index contributed by atoms with van der Waals surface area (Å²) in [6, 6.07) is 0.436. The van der Waals surface area contributed by atoms with E-state index in [2.05, 4.69) is 29.0 Å². The van der Waals surface area contributed by atoms with E-state index in [4.69, 9.17) is 4.98 Å². The van der Waals surface area contributed by atoms with Crippen LogP contribution in [0.4, 0.5) is 17.5 Å². The van der Waals surface area contributed by atoms with Crippen LogP contribution in [-0.4, -0.2) is 64.9 Å². The van der Waals surface area contributed by atoms with Gasteiger partial charge in [0.2, 0.25) is 17.8 Å². The molecule has 0 unspecified atom stereocenters. The zero-order valence-corrected chi connectivity index (χ0v) is 19.3. The van der Waals surface area contributed by atoms with Gasteiger partial charge in [0.1, 0.15) is 11.7 Å². The van der Waals surface area contributed by atoms with Crippen molar-refractivity contribution in [3.63, 3.8) is 0 Å². The largest absolute Gasteiger partial charge is 0.351 e. The van der Waals surface area contributed by atoms with E-state index in [9.17, 15) is 9.59 Å². The zero-order chi connectivity index (χ0) is 22.1. The summed E-state index contributed by atoms with van der Waals surface area (Å²) >= 11 is 0. The van der Waals surface area contributed by atoms with Gasteiger partial charge in [0.05, 0.1) is 6.20 Å². The standard InChI is InChI=1S/C23H36N6O2/c1-5-19-22(31)27(4)20-14-24-23(26-21(20)29(19)18-8-6-7-9-18)25-15(2)17-10-12-28(13-11-17)16(3)30/h14-15,17-19H,5-13H2,1-4H3,(H,24,25,26)/t15-,19-/m1/s1. The summed E-state index contributed by atoms with van der Waals surface area (Å²) in [6.45, 7) is 7.54. The second-order valence-electron chi connectivity index (χ2n) is 9.35. The quantitative estimate of drug-likeness (QED) is 0.776. The van der Waals surface area contributed by atoms with Crippen LogP contribution in [0.3, 0.4) is 0 Å². The monoisotopic (exact) mass is 428 g/mol. The number of amides is 2. The summed E-state index contributed by atoms with van der Waals surface area (Å²) in [5, 5.41) is 3.52. The van der Waals surface area contributed by atoms with Crippen LogP contribution in [-0.2, 0) is 9.59 Å². The Bertz CT molecular complexity index is 816. The molecule has 0 aromatic carbocycles. The highest BCUT2D eigenvalue weighted by Gasteiger charge is 2.41. The van der Waals surface area contributed by atoms with Crippen molar-refractivity contribution in [3.05, 3.63) is 6.20 Å². The molecule has 170 valence electrons. The van der Waals surface area contributed by atoms with Crippen molar-refractivity contribution in [1.29, 1.82) is 0 Å². The van der Waals surface area contributed by atoms with Crippen molar-refractivity contribution in [2.24, 2.45) is 5.92 Å². The van der Waals surface area contributed by atoms with E-state index in [-0.39, 0.29) is 23.9 Å². The molecule has 0 radical (unpaired) electrons. The minimum atomic E-state index is -0.156. The third kappa shape index (κ3) is 4.21. The average molecular weight is 429 g/mol. The number of nitrogens with zero attached hydrogens (tertiary/aromatic N) is 5. The third-order valence-corrected chi connectivity index (χ3v) is 7.46.